The zero-order valence-corrected chi connectivity index (χ0v) is 8.73. The monoisotopic (exact) mass is 188 g/mol. The van der Waals surface area contributed by atoms with Crippen LogP contribution in [0.5, 0.6) is 0 Å². The summed E-state index contributed by atoms with van der Waals surface area (Å²) in [6, 6.07) is 10.4. The van der Waals surface area contributed by atoms with Gasteiger partial charge in [-0.3, -0.25) is 0 Å². The average molecular weight is 188 g/mol. The molecule has 0 saturated carbocycles. The van der Waals surface area contributed by atoms with Crippen molar-refractivity contribution in [3.63, 3.8) is 0 Å². The Morgan fingerprint density at radius 3 is 2.57 bits per heavy atom. The van der Waals surface area contributed by atoms with E-state index >= 15 is 0 Å². The number of benzene rings is 1. The summed E-state index contributed by atoms with van der Waals surface area (Å²) in [7, 11) is 0. The second kappa shape index (κ2) is 3.97. The van der Waals surface area contributed by atoms with Crippen molar-refractivity contribution in [1.82, 2.24) is 0 Å². The van der Waals surface area contributed by atoms with Crippen molar-refractivity contribution in [1.29, 1.82) is 0 Å². The van der Waals surface area contributed by atoms with Crippen LogP contribution >= 0.6 is 0 Å². The molecule has 74 valence electrons. The summed E-state index contributed by atoms with van der Waals surface area (Å²) in [6.45, 7) is 4.31. The van der Waals surface area contributed by atoms with Gasteiger partial charge in [-0.25, -0.2) is 0 Å². The van der Waals surface area contributed by atoms with E-state index in [2.05, 4.69) is 44.2 Å². The highest BCUT2D eigenvalue weighted by atomic mass is 16.5. The molecule has 0 amide bonds. The topological polar surface area (TPSA) is 9.23 Å². The maximum absolute atomic E-state index is 5.87. The van der Waals surface area contributed by atoms with E-state index in [1.165, 1.54) is 11.1 Å². The van der Waals surface area contributed by atoms with E-state index in [9.17, 15) is 0 Å². The van der Waals surface area contributed by atoms with Crippen molar-refractivity contribution in [2.75, 3.05) is 0 Å². The van der Waals surface area contributed by atoms with Crippen LogP contribution in [0.4, 0.5) is 0 Å². The summed E-state index contributed by atoms with van der Waals surface area (Å²) in [5.74, 6) is 0. The van der Waals surface area contributed by atoms with Crippen LogP contribution < -0.4 is 0 Å². The van der Waals surface area contributed by atoms with Gasteiger partial charge in [0.15, 0.2) is 0 Å². The SMILES string of the molecule is CC1=C[C@@H](c2ccccc2)O[C@@H](C)C1. The van der Waals surface area contributed by atoms with Gasteiger partial charge in [0.1, 0.15) is 6.10 Å². The van der Waals surface area contributed by atoms with Crippen LogP contribution in [0, 0.1) is 0 Å². The molecule has 1 aromatic carbocycles. The molecule has 1 aliphatic heterocycles. The van der Waals surface area contributed by atoms with Gasteiger partial charge in [0.2, 0.25) is 0 Å². The standard InChI is InChI=1S/C13H16O/c1-10-8-11(2)14-13(9-10)12-6-4-3-5-7-12/h3-7,9,11,13H,8H2,1-2H3/t11-,13-/m0/s1. The molecule has 2 rings (SSSR count). The molecule has 0 bridgehead atoms. The normalized spacial score (nSPS) is 27.1. The molecule has 0 aromatic heterocycles. The second-order valence-electron chi connectivity index (χ2n) is 4.00. The lowest BCUT2D eigenvalue weighted by Gasteiger charge is -2.26. The van der Waals surface area contributed by atoms with Crippen LogP contribution in [0.2, 0.25) is 0 Å². The summed E-state index contributed by atoms with van der Waals surface area (Å²) < 4.78 is 5.87. The van der Waals surface area contributed by atoms with Gasteiger partial charge in [-0.2, -0.15) is 0 Å². The summed E-state index contributed by atoms with van der Waals surface area (Å²) in [5, 5.41) is 0. The van der Waals surface area contributed by atoms with Gasteiger partial charge in [-0.15, -0.1) is 0 Å². The predicted octanol–water partition coefficient (Wildman–Crippen LogP) is 3.48. The van der Waals surface area contributed by atoms with E-state index in [0.717, 1.165) is 6.42 Å². The van der Waals surface area contributed by atoms with Crippen LogP contribution in [0.15, 0.2) is 42.0 Å². The van der Waals surface area contributed by atoms with E-state index in [4.69, 9.17) is 4.74 Å². The van der Waals surface area contributed by atoms with Crippen LogP contribution in [0.25, 0.3) is 0 Å². The van der Waals surface area contributed by atoms with Crippen molar-refractivity contribution in [2.24, 2.45) is 0 Å². The van der Waals surface area contributed by atoms with Gasteiger partial charge in [0.25, 0.3) is 0 Å². The first-order chi connectivity index (χ1) is 6.75. The number of ether oxygens (including phenoxy) is 1. The van der Waals surface area contributed by atoms with E-state index < -0.39 is 0 Å². The van der Waals surface area contributed by atoms with E-state index in [1.807, 2.05) is 6.07 Å². The zero-order valence-electron chi connectivity index (χ0n) is 8.73. The molecule has 1 aliphatic rings. The molecule has 0 N–H and O–H groups in total. The molecular weight excluding hydrogens is 172 g/mol. The Labute approximate surface area is 85.4 Å². The molecule has 14 heavy (non-hydrogen) atoms. The Kier molecular flexibility index (Phi) is 2.69. The fraction of sp³-hybridized carbons (Fsp3) is 0.385. The third-order valence-electron chi connectivity index (χ3n) is 2.55. The molecule has 1 nitrogen and oxygen atoms in total. The Balaban J connectivity index is 2.23. The lowest BCUT2D eigenvalue weighted by atomic mass is 10.0. The third kappa shape index (κ3) is 2.05. The molecule has 0 aliphatic carbocycles. The van der Waals surface area contributed by atoms with E-state index in [0.29, 0.717) is 6.10 Å². The molecule has 2 atom stereocenters. The quantitative estimate of drug-likeness (QED) is 0.613. The van der Waals surface area contributed by atoms with Crippen molar-refractivity contribution >= 4 is 0 Å². The van der Waals surface area contributed by atoms with Gasteiger partial charge in [-0.1, -0.05) is 42.0 Å². The molecular formula is C13H16O. The molecule has 0 spiro atoms. The lowest BCUT2D eigenvalue weighted by molar-refractivity contribution is 0.0134. The molecule has 1 aromatic rings. The number of hydrogen-bond donors (Lipinski definition) is 0. The minimum atomic E-state index is 0.153. The zero-order chi connectivity index (χ0) is 9.97. The Hall–Kier alpha value is -1.08. The highest BCUT2D eigenvalue weighted by molar-refractivity contribution is 5.24. The molecule has 1 heterocycles. The average Bonchev–Trinajstić information content (AvgIpc) is 2.18. The smallest absolute Gasteiger partial charge is 0.101 e. The maximum atomic E-state index is 5.87. The molecule has 0 radical (unpaired) electrons. The Bertz CT molecular complexity index is 326. The summed E-state index contributed by atoms with van der Waals surface area (Å²) in [5.41, 5.74) is 2.68. The summed E-state index contributed by atoms with van der Waals surface area (Å²) in [6.07, 6.45) is 3.77. The molecule has 0 unspecified atom stereocenters. The molecule has 1 heteroatoms. The first-order valence-electron chi connectivity index (χ1n) is 5.13. The minimum Gasteiger partial charge on any atom is -0.366 e. The molecule has 0 saturated heterocycles. The minimum absolute atomic E-state index is 0.153. The van der Waals surface area contributed by atoms with Gasteiger partial charge >= 0.3 is 0 Å². The third-order valence-corrected chi connectivity index (χ3v) is 2.55. The number of rotatable bonds is 1. The van der Waals surface area contributed by atoms with Crippen molar-refractivity contribution in [3.05, 3.63) is 47.5 Å². The maximum Gasteiger partial charge on any atom is 0.101 e. The lowest BCUT2D eigenvalue weighted by Crippen LogP contribution is -2.17. The Morgan fingerprint density at radius 2 is 1.93 bits per heavy atom. The second-order valence-corrected chi connectivity index (χ2v) is 4.00. The van der Waals surface area contributed by atoms with Gasteiger partial charge in [0, 0.05) is 0 Å². The van der Waals surface area contributed by atoms with Gasteiger partial charge in [0.05, 0.1) is 6.10 Å². The number of hydrogen-bond acceptors (Lipinski definition) is 1. The van der Waals surface area contributed by atoms with E-state index in [1.54, 1.807) is 0 Å². The van der Waals surface area contributed by atoms with Crippen molar-refractivity contribution in [3.8, 4) is 0 Å². The largest absolute Gasteiger partial charge is 0.366 e. The van der Waals surface area contributed by atoms with Gasteiger partial charge in [-0.05, 0) is 25.8 Å². The van der Waals surface area contributed by atoms with Crippen molar-refractivity contribution in [2.45, 2.75) is 32.5 Å². The molecule has 0 fully saturated rings. The summed E-state index contributed by atoms with van der Waals surface area (Å²) in [4.78, 5) is 0. The van der Waals surface area contributed by atoms with Crippen LogP contribution in [-0.2, 0) is 4.74 Å². The highest BCUT2D eigenvalue weighted by Gasteiger charge is 2.18. The first kappa shape index (κ1) is 9.47. The summed E-state index contributed by atoms with van der Waals surface area (Å²) >= 11 is 0. The van der Waals surface area contributed by atoms with Crippen LogP contribution in [0.3, 0.4) is 0 Å². The van der Waals surface area contributed by atoms with Crippen LogP contribution in [0.1, 0.15) is 31.9 Å². The van der Waals surface area contributed by atoms with Gasteiger partial charge < -0.3 is 4.74 Å². The predicted molar refractivity (Wildman–Crippen MR) is 58.1 cm³/mol. The van der Waals surface area contributed by atoms with E-state index in [-0.39, 0.29) is 6.10 Å². The fourth-order valence-electron chi connectivity index (χ4n) is 1.94. The first-order valence-corrected chi connectivity index (χ1v) is 5.13. The van der Waals surface area contributed by atoms with Crippen molar-refractivity contribution < 1.29 is 4.74 Å². The highest BCUT2D eigenvalue weighted by Crippen LogP contribution is 2.28. The van der Waals surface area contributed by atoms with Crippen LogP contribution in [-0.4, -0.2) is 6.10 Å². The Morgan fingerprint density at radius 1 is 1.21 bits per heavy atom. The fourth-order valence-corrected chi connectivity index (χ4v) is 1.94.